The molecule has 0 aromatic heterocycles. The van der Waals surface area contributed by atoms with E-state index in [-0.39, 0.29) is 0 Å². The second-order valence-corrected chi connectivity index (χ2v) is 8.26. The maximum Gasteiger partial charge on any atom is 0.408 e. The van der Waals surface area contributed by atoms with E-state index in [1.165, 1.54) is 6.08 Å². The molecule has 1 aromatic carbocycles. The molecule has 0 spiro atoms. The summed E-state index contributed by atoms with van der Waals surface area (Å²) in [4.78, 5) is 11.8. The van der Waals surface area contributed by atoms with Crippen LogP contribution in [0, 0.1) is 0 Å². The molecule has 0 fully saturated rings. The number of carbonyl (C=O) groups excluding carboxylic acids is 1. The van der Waals surface area contributed by atoms with Gasteiger partial charge in [0.1, 0.15) is 5.60 Å². The summed E-state index contributed by atoms with van der Waals surface area (Å²) in [6.45, 7) is 5.24. The number of benzene rings is 1. The Morgan fingerprint density at radius 3 is 2.41 bits per heavy atom. The molecule has 0 aliphatic heterocycles. The molecule has 1 atom stereocenters. The zero-order chi connectivity index (χ0) is 16.8. The van der Waals surface area contributed by atoms with Crippen LogP contribution in [-0.2, 0) is 20.2 Å². The van der Waals surface area contributed by atoms with E-state index in [4.69, 9.17) is 15.4 Å². The highest BCUT2D eigenvalue weighted by atomic mass is 35.7. The zero-order valence-electron chi connectivity index (χ0n) is 12.7. The lowest BCUT2D eigenvalue weighted by molar-refractivity contribution is 0.0514. The summed E-state index contributed by atoms with van der Waals surface area (Å²) < 4.78 is 27.2. The van der Waals surface area contributed by atoms with E-state index >= 15 is 0 Å². The number of carbonyl (C=O) groups is 1. The van der Waals surface area contributed by atoms with Gasteiger partial charge in [0.15, 0.2) is 0 Å². The fourth-order valence-electron chi connectivity index (χ4n) is 1.68. The summed E-state index contributed by atoms with van der Waals surface area (Å²) in [5, 5.41) is 3.48. The van der Waals surface area contributed by atoms with Gasteiger partial charge in [0, 0.05) is 16.1 Å². The molecule has 1 N–H and O–H groups in total. The number of ether oxygens (including phenoxy) is 1. The molecule has 0 aliphatic carbocycles. The van der Waals surface area contributed by atoms with Crippen molar-refractivity contribution in [2.24, 2.45) is 0 Å². The molecule has 0 bridgehead atoms. The zero-order valence-corrected chi connectivity index (χ0v) is 14.3. The first-order valence-electron chi connectivity index (χ1n) is 6.71. The van der Waals surface area contributed by atoms with Gasteiger partial charge in [-0.3, -0.25) is 0 Å². The lowest BCUT2D eigenvalue weighted by atomic mass is 10.1. The van der Waals surface area contributed by atoms with Crippen molar-refractivity contribution in [3.8, 4) is 0 Å². The van der Waals surface area contributed by atoms with E-state index in [9.17, 15) is 13.2 Å². The Bertz CT molecular complexity index is 621. The van der Waals surface area contributed by atoms with Gasteiger partial charge in [-0.1, -0.05) is 30.3 Å². The van der Waals surface area contributed by atoms with Crippen molar-refractivity contribution in [3.05, 3.63) is 47.4 Å². The third-order valence-electron chi connectivity index (χ3n) is 2.47. The van der Waals surface area contributed by atoms with Crippen molar-refractivity contribution >= 4 is 25.8 Å². The summed E-state index contributed by atoms with van der Waals surface area (Å²) in [6.07, 6.45) is 1.13. The first-order valence-corrected chi connectivity index (χ1v) is 9.09. The highest BCUT2D eigenvalue weighted by Crippen LogP contribution is 2.10. The molecule has 1 amide bonds. The lowest BCUT2D eigenvalue weighted by Crippen LogP contribution is -2.39. The molecule has 1 aromatic rings. The minimum Gasteiger partial charge on any atom is -0.444 e. The number of hydrogen-bond acceptors (Lipinski definition) is 4. The summed E-state index contributed by atoms with van der Waals surface area (Å²) in [5.41, 5.74) is 0.309. The number of rotatable bonds is 5. The molecule has 0 radical (unpaired) electrons. The molecule has 7 heteroatoms. The Morgan fingerprint density at radius 1 is 1.32 bits per heavy atom. The molecule has 0 unspecified atom stereocenters. The number of amides is 1. The first kappa shape index (κ1) is 18.5. The van der Waals surface area contributed by atoms with E-state index in [0.717, 1.165) is 11.0 Å². The minimum atomic E-state index is -3.78. The van der Waals surface area contributed by atoms with Gasteiger partial charge < -0.3 is 10.1 Å². The van der Waals surface area contributed by atoms with Crippen LogP contribution in [0.25, 0.3) is 0 Å². The van der Waals surface area contributed by atoms with Crippen LogP contribution in [-0.4, -0.2) is 26.2 Å². The first-order chi connectivity index (χ1) is 10.1. The number of alkyl carbamates (subject to hydrolysis) is 1. The van der Waals surface area contributed by atoms with Gasteiger partial charge >= 0.3 is 6.09 Å². The second kappa shape index (κ2) is 7.65. The Hall–Kier alpha value is -1.53. The van der Waals surface area contributed by atoms with Crippen LogP contribution in [0.1, 0.15) is 26.3 Å². The molecular weight excluding hydrogens is 326 g/mol. The summed E-state index contributed by atoms with van der Waals surface area (Å²) in [5.74, 6) is 0. The van der Waals surface area contributed by atoms with Crippen molar-refractivity contribution in [1.29, 1.82) is 0 Å². The van der Waals surface area contributed by atoms with Gasteiger partial charge in [0.25, 0.3) is 9.05 Å². The van der Waals surface area contributed by atoms with Gasteiger partial charge in [0.2, 0.25) is 0 Å². The van der Waals surface area contributed by atoms with E-state index in [1.54, 1.807) is 20.8 Å². The average molecular weight is 346 g/mol. The van der Waals surface area contributed by atoms with Crippen molar-refractivity contribution in [2.45, 2.75) is 38.8 Å². The molecule has 1 rings (SSSR count). The smallest absolute Gasteiger partial charge is 0.408 e. The van der Waals surface area contributed by atoms with Crippen LogP contribution in [0.2, 0.25) is 0 Å². The van der Waals surface area contributed by atoms with Crippen LogP contribution in [0.3, 0.4) is 0 Å². The van der Waals surface area contributed by atoms with Gasteiger partial charge in [-0.25, -0.2) is 13.2 Å². The normalized spacial score (nSPS) is 13.8. The van der Waals surface area contributed by atoms with Gasteiger partial charge in [-0.15, -0.1) is 0 Å². The van der Waals surface area contributed by atoms with Crippen LogP contribution >= 0.6 is 10.7 Å². The highest BCUT2D eigenvalue weighted by Gasteiger charge is 2.19. The molecule has 0 aliphatic rings. The Morgan fingerprint density at radius 2 is 1.91 bits per heavy atom. The van der Waals surface area contributed by atoms with Crippen LogP contribution in [0.5, 0.6) is 0 Å². The van der Waals surface area contributed by atoms with Crippen molar-refractivity contribution in [1.82, 2.24) is 5.32 Å². The lowest BCUT2D eigenvalue weighted by Gasteiger charge is -2.22. The fraction of sp³-hybridized carbons (Fsp3) is 0.400. The molecule has 0 saturated heterocycles. The van der Waals surface area contributed by atoms with E-state index < -0.39 is 26.8 Å². The molecule has 122 valence electrons. The standard InChI is InChI=1S/C15H20ClNO4S/c1-15(2,3)21-14(18)17-13(9-10-22(16,19)20)11-12-7-5-4-6-8-12/h4-10,13H,11H2,1-3H3,(H,17,18)/b10-9+/t13-/m1/s1. The Kier molecular flexibility index (Phi) is 6.44. The SMILES string of the molecule is CC(C)(C)OC(=O)N[C@H](/C=C/S(=O)(=O)Cl)Cc1ccccc1. The quantitative estimate of drug-likeness (QED) is 0.832. The van der Waals surface area contributed by atoms with Gasteiger partial charge in [-0.05, 0) is 38.8 Å². The Labute approximate surface area is 135 Å². The van der Waals surface area contributed by atoms with Gasteiger partial charge in [0.05, 0.1) is 6.04 Å². The largest absolute Gasteiger partial charge is 0.444 e. The molecule has 5 nitrogen and oxygen atoms in total. The summed E-state index contributed by atoms with van der Waals surface area (Å²) in [7, 11) is 1.38. The highest BCUT2D eigenvalue weighted by molar-refractivity contribution is 8.16. The second-order valence-electron chi connectivity index (χ2n) is 5.75. The number of halogens is 1. The third-order valence-corrected chi connectivity index (χ3v) is 3.26. The van der Waals surface area contributed by atoms with E-state index in [2.05, 4.69) is 5.32 Å². The molecule has 0 saturated carbocycles. The van der Waals surface area contributed by atoms with Crippen molar-refractivity contribution < 1.29 is 17.9 Å². The molecule has 0 heterocycles. The van der Waals surface area contributed by atoms with Crippen molar-refractivity contribution in [3.63, 3.8) is 0 Å². The maximum atomic E-state index is 11.8. The summed E-state index contributed by atoms with van der Waals surface area (Å²) >= 11 is 0. The molecule has 22 heavy (non-hydrogen) atoms. The predicted octanol–water partition coefficient (Wildman–Crippen LogP) is 3.20. The van der Waals surface area contributed by atoms with E-state index in [1.807, 2.05) is 30.3 Å². The monoisotopic (exact) mass is 345 g/mol. The molecular formula is C15H20ClNO4S. The third kappa shape index (κ3) is 8.69. The van der Waals surface area contributed by atoms with Crippen LogP contribution in [0.15, 0.2) is 41.8 Å². The Balaban J connectivity index is 2.82. The number of nitrogens with one attached hydrogen (secondary N) is 1. The van der Waals surface area contributed by atoms with E-state index in [0.29, 0.717) is 6.42 Å². The van der Waals surface area contributed by atoms with Crippen molar-refractivity contribution in [2.75, 3.05) is 0 Å². The van der Waals surface area contributed by atoms with Crippen LogP contribution in [0.4, 0.5) is 4.79 Å². The van der Waals surface area contributed by atoms with Gasteiger partial charge in [-0.2, -0.15) is 0 Å². The average Bonchev–Trinajstić information content (AvgIpc) is 2.34. The topological polar surface area (TPSA) is 72.5 Å². The fourth-order valence-corrected chi connectivity index (χ4v) is 2.24. The minimum absolute atomic E-state index is 0.420. The summed E-state index contributed by atoms with van der Waals surface area (Å²) in [6, 6.07) is 8.81. The number of hydrogen-bond donors (Lipinski definition) is 1. The van der Waals surface area contributed by atoms with Crippen LogP contribution < -0.4 is 5.32 Å². The maximum absolute atomic E-state index is 11.8. The predicted molar refractivity (Wildman–Crippen MR) is 87.2 cm³/mol.